The molecule has 0 spiro atoms. The van der Waals surface area contributed by atoms with Crippen LogP contribution < -0.4 is 5.32 Å². The molecular weight excluding hydrogens is 261 g/mol. The third-order valence-corrected chi connectivity index (χ3v) is 4.04. The Bertz CT molecular complexity index is 399. The Morgan fingerprint density at radius 2 is 2.11 bits per heavy atom. The average Bonchev–Trinajstić information content (AvgIpc) is 2.26. The van der Waals surface area contributed by atoms with Gasteiger partial charge in [-0.15, -0.1) is 0 Å². The lowest BCUT2D eigenvalue weighted by Crippen LogP contribution is -2.28. The summed E-state index contributed by atoms with van der Waals surface area (Å²) in [6.07, 6.45) is 6.25. The van der Waals surface area contributed by atoms with Crippen LogP contribution in [0, 0.1) is 17.7 Å². The highest BCUT2D eigenvalue weighted by Crippen LogP contribution is 2.31. The van der Waals surface area contributed by atoms with Crippen LogP contribution in [0.1, 0.15) is 46.0 Å². The molecule has 2 rings (SSSR count). The molecule has 1 nitrogen and oxygen atoms in total. The van der Waals surface area contributed by atoms with Crippen molar-refractivity contribution >= 4 is 17.3 Å². The first-order valence-corrected chi connectivity index (χ1v) is 7.63. The van der Waals surface area contributed by atoms with Gasteiger partial charge in [0.2, 0.25) is 0 Å². The minimum atomic E-state index is -0.274. The highest BCUT2D eigenvalue weighted by Gasteiger charge is 2.22. The molecule has 1 aromatic rings. The lowest BCUT2D eigenvalue weighted by Gasteiger charge is -2.31. The Hall–Kier alpha value is -0.760. The fourth-order valence-corrected chi connectivity index (χ4v) is 3.40. The Morgan fingerprint density at radius 3 is 2.79 bits per heavy atom. The monoisotopic (exact) mass is 283 g/mol. The lowest BCUT2D eigenvalue weighted by atomic mass is 9.81. The van der Waals surface area contributed by atoms with Gasteiger partial charge in [0.1, 0.15) is 5.82 Å². The summed E-state index contributed by atoms with van der Waals surface area (Å²) in [4.78, 5) is 0. The fourth-order valence-electron chi connectivity index (χ4n) is 3.18. The van der Waals surface area contributed by atoms with Crippen LogP contribution in [0.2, 0.25) is 5.02 Å². The van der Waals surface area contributed by atoms with Crippen LogP contribution in [0.4, 0.5) is 10.1 Å². The normalized spacial score (nSPS) is 23.6. The highest BCUT2D eigenvalue weighted by atomic mass is 35.5. The molecular formula is C16H23ClFN. The molecule has 0 aliphatic heterocycles. The average molecular weight is 284 g/mol. The maximum absolute atomic E-state index is 13.3. The van der Waals surface area contributed by atoms with Gasteiger partial charge in [-0.25, -0.2) is 4.39 Å². The predicted octanol–water partition coefficient (Wildman–Crippen LogP) is 5.50. The largest absolute Gasteiger partial charge is 0.382 e. The van der Waals surface area contributed by atoms with Crippen molar-refractivity contribution in [2.75, 3.05) is 5.32 Å². The summed E-state index contributed by atoms with van der Waals surface area (Å²) in [6.45, 7) is 4.56. The van der Waals surface area contributed by atoms with Gasteiger partial charge < -0.3 is 5.32 Å². The van der Waals surface area contributed by atoms with Crippen LogP contribution >= 0.6 is 11.6 Å². The van der Waals surface area contributed by atoms with E-state index in [9.17, 15) is 4.39 Å². The van der Waals surface area contributed by atoms with Gasteiger partial charge in [-0.05, 0) is 49.3 Å². The van der Waals surface area contributed by atoms with Gasteiger partial charge in [-0.2, -0.15) is 0 Å². The first-order chi connectivity index (χ1) is 9.02. The first kappa shape index (κ1) is 14.6. The van der Waals surface area contributed by atoms with Crippen LogP contribution in [-0.4, -0.2) is 6.04 Å². The third kappa shape index (κ3) is 4.68. The molecule has 1 aliphatic rings. The second-order valence-electron chi connectivity index (χ2n) is 6.16. The zero-order valence-electron chi connectivity index (χ0n) is 11.8. The highest BCUT2D eigenvalue weighted by molar-refractivity contribution is 6.30. The van der Waals surface area contributed by atoms with Crippen LogP contribution in [0.3, 0.4) is 0 Å². The van der Waals surface area contributed by atoms with E-state index in [0.717, 1.165) is 17.5 Å². The van der Waals surface area contributed by atoms with E-state index in [1.54, 1.807) is 6.07 Å². The van der Waals surface area contributed by atoms with Gasteiger partial charge in [-0.3, -0.25) is 0 Å². The summed E-state index contributed by atoms with van der Waals surface area (Å²) in [5.74, 6) is 1.28. The molecule has 0 amide bonds. The number of hydrogen-bond acceptors (Lipinski definition) is 1. The van der Waals surface area contributed by atoms with Crippen molar-refractivity contribution < 1.29 is 4.39 Å². The standard InChI is InChI=1S/C16H23ClFN/c1-11(2)6-12-4-3-5-15(7-12)19-16-9-13(17)8-14(18)10-16/h8-12,15,19H,3-7H2,1-2H3. The molecule has 0 bridgehead atoms. The van der Waals surface area contributed by atoms with Crippen molar-refractivity contribution in [3.8, 4) is 0 Å². The van der Waals surface area contributed by atoms with E-state index in [1.807, 2.05) is 0 Å². The SMILES string of the molecule is CC(C)CC1CCCC(Nc2cc(F)cc(Cl)c2)C1. The molecule has 19 heavy (non-hydrogen) atoms. The molecule has 1 aliphatic carbocycles. The summed E-state index contributed by atoms with van der Waals surface area (Å²) in [5, 5.41) is 3.90. The van der Waals surface area contributed by atoms with Crippen molar-refractivity contribution in [2.45, 2.75) is 52.0 Å². The molecule has 3 heteroatoms. The van der Waals surface area contributed by atoms with Gasteiger partial charge >= 0.3 is 0 Å². The van der Waals surface area contributed by atoms with E-state index in [-0.39, 0.29) is 5.82 Å². The van der Waals surface area contributed by atoms with Gasteiger partial charge in [0, 0.05) is 16.8 Å². The van der Waals surface area contributed by atoms with E-state index in [0.29, 0.717) is 11.1 Å². The Labute approximate surface area is 120 Å². The summed E-state index contributed by atoms with van der Waals surface area (Å²) in [7, 11) is 0. The molecule has 0 heterocycles. The maximum atomic E-state index is 13.3. The minimum Gasteiger partial charge on any atom is -0.382 e. The Kier molecular flexibility index (Phi) is 5.09. The topological polar surface area (TPSA) is 12.0 Å². The van der Waals surface area contributed by atoms with E-state index >= 15 is 0 Å². The maximum Gasteiger partial charge on any atom is 0.126 e. The molecule has 1 N–H and O–H groups in total. The van der Waals surface area contributed by atoms with Crippen LogP contribution in [0.5, 0.6) is 0 Å². The quantitative estimate of drug-likeness (QED) is 0.770. The molecule has 0 radical (unpaired) electrons. The Morgan fingerprint density at radius 1 is 1.32 bits per heavy atom. The molecule has 1 saturated carbocycles. The molecule has 2 unspecified atom stereocenters. The predicted molar refractivity (Wildman–Crippen MR) is 80.2 cm³/mol. The molecule has 1 fully saturated rings. The lowest BCUT2D eigenvalue weighted by molar-refractivity contribution is 0.289. The first-order valence-electron chi connectivity index (χ1n) is 7.25. The van der Waals surface area contributed by atoms with E-state index < -0.39 is 0 Å². The van der Waals surface area contributed by atoms with Crippen LogP contribution in [-0.2, 0) is 0 Å². The zero-order chi connectivity index (χ0) is 13.8. The number of rotatable bonds is 4. The van der Waals surface area contributed by atoms with Crippen molar-refractivity contribution in [1.29, 1.82) is 0 Å². The second-order valence-corrected chi connectivity index (χ2v) is 6.60. The number of anilines is 1. The van der Waals surface area contributed by atoms with Gasteiger partial charge in [-0.1, -0.05) is 38.3 Å². The van der Waals surface area contributed by atoms with E-state index in [4.69, 9.17) is 11.6 Å². The second kappa shape index (κ2) is 6.60. The molecule has 1 aromatic carbocycles. The molecule has 0 aromatic heterocycles. The molecule has 0 saturated heterocycles. The fraction of sp³-hybridized carbons (Fsp3) is 0.625. The smallest absolute Gasteiger partial charge is 0.126 e. The zero-order valence-corrected chi connectivity index (χ0v) is 12.5. The number of nitrogens with one attached hydrogen (secondary N) is 1. The van der Waals surface area contributed by atoms with Crippen LogP contribution in [0.25, 0.3) is 0 Å². The Balaban J connectivity index is 1.94. The van der Waals surface area contributed by atoms with E-state index in [2.05, 4.69) is 19.2 Å². The summed E-state index contributed by atoms with van der Waals surface area (Å²) >= 11 is 5.89. The summed E-state index contributed by atoms with van der Waals surface area (Å²) in [5.41, 5.74) is 0.806. The summed E-state index contributed by atoms with van der Waals surface area (Å²) < 4.78 is 13.3. The van der Waals surface area contributed by atoms with Gasteiger partial charge in [0.15, 0.2) is 0 Å². The number of hydrogen-bond donors (Lipinski definition) is 1. The van der Waals surface area contributed by atoms with Gasteiger partial charge in [0.25, 0.3) is 0 Å². The van der Waals surface area contributed by atoms with Crippen molar-refractivity contribution in [3.63, 3.8) is 0 Å². The van der Waals surface area contributed by atoms with Crippen molar-refractivity contribution in [2.24, 2.45) is 11.8 Å². The number of benzene rings is 1. The van der Waals surface area contributed by atoms with E-state index in [1.165, 1.54) is 44.2 Å². The molecule has 2 atom stereocenters. The van der Waals surface area contributed by atoms with Crippen molar-refractivity contribution in [3.05, 3.63) is 29.0 Å². The van der Waals surface area contributed by atoms with Crippen LogP contribution in [0.15, 0.2) is 18.2 Å². The van der Waals surface area contributed by atoms with Gasteiger partial charge in [0.05, 0.1) is 0 Å². The summed E-state index contributed by atoms with van der Waals surface area (Å²) in [6, 6.07) is 5.12. The minimum absolute atomic E-state index is 0.274. The van der Waals surface area contributed by atoms with Crippen molar-refractivity contribution in [1.82, 2.24) is 0 Å². The molecule has 106 valence electrons. The number of halogens is 2. The third-order valence-electron chi connectivity index (χ3n) is 3.82.